The first-order valence-electron chi connectivity index (χ1n) is 5.99. The van der Waals surface area contributed by atoms with Crippen molar-refractivity contribution in [2.75, 3.05) is 11.1 Å². The van der Waals surface area contributed by atoms with Crippen LogP contribution in [0.5, 0.6) is 0 Å². The average Bonchev–Trinajstić information content (AvgIpc) is 2.79. The summed E-state index contributed by atoms with van der Waals surface area (Å²) in [7, 11) is 0. The first-order chi connectivity index (χ1) is 8.75. The highest BCUT2D eigenvalue weighted by Crippen LogP contribution is 2.40. The third-order valence-corrected chi connectivity index (χ3v) is 5.46. The summed E-state index contributed by atoms with van der Waals surface area (Å²) in [6.45, 7) is 2.12. The van der Waals surface area contributed by atoms with Crippen molar-refractivity contribution in [1.82, 2.24) is 0 Å². The van der Waals surface area contributed by atoms with Crippen molar-refractivity contribution in [1.29, 1.82) is 0 Å². The van der Waals surface area contributed by atoms with Gasteiger partial charge in [0.15, 0.2) is 0 Å². The quantitative estimate of drug-likeness (QED) is 0.834. The number of rotatable bonds is 2. The van der Waals surface area contributed by atoms with Crippen LogP contribution in [0.2, 0.25) is 0 Å². The summed E-state index contributed by atoms with van der Waals surface area (Å²) in [4.78, 5) is 1.40. The molecule has 3 rings (SSSR count). The molecule has 1 aliphatic heterocycles. The number of nitrogens with one attached hydrogen (secondary N) is 1. The van der Waals surface area contributed by atoms with Gasteiger partial charge in [-0.2, -0.15) is 0 Å². The summed E-state index contributed by atoms with van der Waals surface area (Å²) in [6, 6.07) is 15.4. The zero-order valence-electron chi connectivity index (χ0n) is 10.1. The Morgan fingerprint density at radius 2 is 2.00 bits per heavy atom. The van der Waals surface area contributed by atoms with Crippen LogP contribution in [-0.4, -0.2) is 5.75 Å². The molecule has 1 N–H and O–H groups in total. The van der Waals surface area contributed by atoms with E-state index in [0.29, 0.717) is 6.04 Å². The van der Waals surface area contributed by atoms with E-state index in [1.54, 1.807) is 0 Å². The van der Waals surface area contributed by atoms with Gasteiger partial charge in [0.2, 0.25) is 0 Å². The lowest BCUT2D eigenvalue weighted by Gasteiger charge is -2.17. The molecule has 0 bridgehead atoms. The number of hydrogen-bond donors (Lipinski definition) is 1. The molecule has 0 saturated heterocycles. The molecule has 2 aromatic rings. The fourth-order valence-electron chi connectivity index (χ4n) is 2.23. The highest BCUT2D eigenvalue weighted by atomic mass is 79.9. The fourth-order valence-corrected chi connectivity index (χ4v) is 3.77. The molecule has 2 aromatic carbocycles. The Balaban J connectivity index is 1.89. The third kappa shape index (κ3) is 2.17. The molecule has 1 nitrogen and oxygen atoms in total. The summed E-state index contributed by atoms with van der Waals surface area (Å²) in [5.74, 6) is 1.10. The average molecular weight is 320 g/mol. The molecular formula is C15H14BrNS. The molecule has 0 aromatic heterocycles. The van der Waals surface area contributed by atoms with Crippen molar-refractivity contribution in [3.05, 3.63) is 58.1 Å². The second-order valence-electron chi connectivity index (χ2n) is 4.48. The van der Waals surface area contributed by atoms with Gasteiger partial charge in [-0.15, -0.1) is 11.8 Å². The second kappa shape index (κ2) is 4.98. The van der Waals surface area contributed by atoms with E-state index in [4.69, 9.17) is 0 Å². The van der Waals surface area contributed by atoms with E-state index in [2.05, 4.69) is 70.6 Å². The molecule has 92 valence electrons. The normalized spacial score (nSPS) is 17.6. The molecule has 0 aliphatic carbocycles. The Hall–Kier alpha value is -0.930. The van der Waals surface area contributed by atoms with Crippen LogP contribution < -0.4 is 5.32 Å². The molecule has 0 spiro atoms. The van der Waals surface area contributed by atoms with E-state index in [1.165, 1.54) is 26.2 Å². The van der Waals surface area contributed by atoms with Crippen LogP contribution in [0.1, 0.15) is 17.2 Å². The second-order valence-corrected chi connectivity index (χ2v) is 6.34. The monoisotopic (exact) mass is 319 g/mol. The first-order valence-corrected chi connectivity index (χ1v) is 7.77. The Morgan fingerprint density at radius 3 is 2.89 bits per heavy atom. The first kappa shape index (κ1) is 12.1. The zero-order chi connectivity index (χ0) is 12.5. The maximum absolute atomic E-state index is 3.66. The van der Waals surface area contributed by atoms with Gasteiger partial charge in [0.25, 0.3) is 0 Å². The van der Waals surface area contributed by atoms with Crippen LogP contribution in [0.4, 0.5) is 5.69 Å². The summed E-state index contributed by atoms with van der Waals surface area (Å²) >= 11 is 5.59. The van der Waals surface area contributed by atoms with Crippen molar-refractivity contribution in [2.24, 2.45) is 0 Å². The van der Waals surface area contributed by atoms with E-state index < -0.39 is 0 Å². The number of thioether (sulfide) groups is 1. The minimum absolute atomic E-state index is 0.407. The molecule has 0 fully saturated rings. The maximum Gasteiger partial charge on any atom is 0.0619 e. The smallest absolute Gasteiger partial charge is 0.0619 e. The number of benzene rings is 2. The van der Waals surface area contributed by atoms with E-state index in [-0.39, 0.29) is 0 Å². The van der Waals surface area contributed by atoms with Crippen LogP contribution in [0, 0.1) is 6.92 Å². The van der Waals surface area contributed by atoms with Gasteiger partial charge < -0.3 is 5.32 Å². The lowest BCUT2D eigenvalue weighted by molar-refractivity contribution is 0.898. The van der Waals surface area contributed by atoms with Crippen molar-refractivity contribution in [3.63, 3.8) is 0 Å². The Labute approximate surface area is 120 Å². The number of anilines is 1. The molecule has 0 saturated carbocycles. The summed E-state index contributed by atoms with van der Waals surface area (Å²) in [6.07, 6.45) is 0. The highest BCUT2D eigenvalue weighted by Gasteiger charge is 2.22. The van der Waals surface area contributed by atoms with Crippen molar-refractivity contribution in [3.8, 4) is 0 Å². The van der Waals surface area contributed by atoms with Crippen LogP contribution in [-0.2, 0) is 0 Å². The molecule has 1 heterocycles. The van der Waals surface area contributed by atoms with Gasteiger partial charge in [-0.25, -0.2) is 0 Å². The molecule has 3 heteroatoms. The fraction of sp³-hybridized carbons (Fsp3) is 0.200. The van der Waals surface area contributed by atoms with E-state index in [1.807, 2.05) is 11.8 Å². The van der Waals surface area contributed by atoms with Crippen LogP contribution in [0.25, 0.3) is 0 Å². The number of aryl methyl sites for hydroxylation is 1. The van der Waals surface area contributed by atoms with Gasteiger partial charge in [0, 0.05) is 20.8 Å². The van der Waals surface area contributed by atoms with Gasteiger partial charge in [-0.3, -0.25) is 0 Å². The van der Waals surface area contributed by atoms with Crippen molar-refractivity contribution in [2.45, 2.75) is 17.9 Å². The summed E-state index contributed by atoms with van der Waals surface area (Å²) < 4.78 is 1.17. The molecule has 1 aliphatic rings. The predicted octanol–water partition coefficient (Wildman–Crippen LogP) is 5.02. The standard InChI is InChI=1S/C15H14BrNS/c1-10-5-4-7-12(15(10)16)17-13-9-18-14-8-3-2-6-11(13)14/h2-8,13,17H,9H2,1H3. The number of hydrogen-bond acceptors (Lipinski definition) is 2. The molecule has 0 amide bonds. The van der Waals surface area contributed by atoms with Crippen LogP contribution >= 0.6 is 27.7 Å². The minimum atomic E-state index is 0.407. The predicted molar refractivity (Wildman–Crippen MR) is 82.4 cm³/mol. The van der Waals surface area contributed by atoms with E-state index >= 15 is 0 Å². The maximum atomic E-state index is 3.66. The van der Waals surface area contributed by atoms with Crippen molar-refractivity contribution >= 4 is 33.4 Å². The number of fused-ring (bicyclic) bond motifs is 1. The Kier molecular flexibility index (Phi) is 3.35. The summed E-state index contributed by atoms with van der Waals surface area (Å²) in [5.41, 5.74) is 3.85. The molecule has 0 radical (unpaired) electrons. The third-order valence-electron chi connectivity index (χ3n) is 3.22. The van der Waals surface area contributed by atoms with Crippen molar-refractivity contribution < 1.29 is 0 Å². The van der Waals surface area contributed by atoms with Crippen LogP contribution in [0.3, 0.4) is 0 Å². The molecule has 1 atom stereocenters. The summed E-state index contributed by atoms with van der Waals surface area (Å²) in [5, 5.41) is 3.64. The van der Waals surface area contributed by atoms with E-state index in [0.717, 1.165) is 5.75 Å². The minimum Gasteiger partial charge on any atom is -0.376 e. The molecule has 1 unspecified atom stereocenters. The van der Waals surface area contributed by atoms with Gasteiger partial charge in [0.05, 0.1) is 6.04 Å². The lowest BCUT2D eigenvalue weighted by Crippen LogP contribution is -2.10. The van der Waals surface area contributed by atoms with Gasteiger partial charge >= 0.3 is 0 Å². The largest absolute Gasteiger partial charge is 0.376 e. The van der Waals surface area contributed by atoms with Gasteiger partial charge in [-0.1, -0.05) is 30.3 Å². The SMILES string of the molecule is Cc1cccc(NC2CSc3ccccc32)c1Br. The lowest BCUT2D eigenvalue weighted by atomic mass is 10.1. The highest BCUT2D eigenvalue weighted by molar-refractivity contribution is 9.10. The zero-order valence-corrected chi connectivity index (χ0v) is 12.5. The molecular weight excluding hydrogens is 306 g/mol. The molecule has 18 heavy (non-hydrogen) atoms. The number of halogens is 1. The van der Waals surface area contributed by atoms with Gasteiger partial charge in [0.1, 0.15) is 0 Å². The topological polar surface area (TPSA) is 12.0 Å². The Bertz CT molecular complexity index is 582. The Morgan fingerprint density at radius 1 is 1.17 bits per heavy atom. The van der Waals surface area contributed by atoms with Crippen LogP contribution in [0.15, 0.2) is 51.8 Å². The van der Waals surface area contributed by atoms with E-state index in [9.17, 15) is 0 Å². The van der Waals surface area contributed by atoms with Gasteiger partial charge in [-0.05, 0) is 46.1 Å².